The minimum Gasteiger partial charge on any atom is -0.316 e. The highest BCUT2D eigenvalue weighted by molar-refractivity contribution is 5.34. The van der Waals surface area contributed by atoms with Gasteiger partial charge < -0.3 is 5.32 Å². The van der Waals surface area contributed by atoms with Crippen LogP contribution < -0.4 is 5.32 Å². The summed E-state index contributed by atoms with van der Waals surface area (Å²) in [5.74, 6) is 0.426. The maximum absolute atomic E-state index is 13.5. The summed E-state index contributed by atoms with van der Waals surface area (Å²) in [6.07, 6.45) is 2.37. The van der Waals surface area contributed by atoms with Crippen molar-refractivity contribution in [1.29, 1.82) is 0 Å². The van der Waals surface area contributed by atoms with Gasteiger partial charge in [-0.05, 0) is 61.9 Å². The molecule has 15 heavy (non-hydrogen) atoms. The summed E-state index contributed by atoms with van der Waals surface area (Å²) in [7, 11) is 0. The number of aryl methyl sites for hydroxylation is 2. The zero-order valence-corrected chi connectivity index (χ0v) is 9.44. The van der Waals surface area contributed by atoms with E-state index in [4.69, 9.17) is 0 Å². The van der Waals surface area contributed by atoms with E-state index in [2.05, 4.69) is 12.2 Å². The quantitative estimate of drug-likeness (QED) is 0.746. The molecule has 1 aromatic rings. The lowest BCUT2D eigenvalue weighted by molar-refractivity contribution is 0.458. The Kier molecular flexibility index (Phi) is 3.06. The van der Waals surface area contributed by atoms with Gasteiger partial charge in [-0.15, -0.1) is 0 Å². The van der Waals surface area contributed by atoms with E-state index < -0.39 is 0 Å². The standard InChI is InChI=1S/C13H18FN/c1-9-6-10(2)13(14)7-12(9)11-4-3-5-15-8-11/h6-7,11,15H,3-5,8H2,1-2H3. The normalized spacial score (nSPS) is 21.7. The lowest BCUT2D eigenvalue weighted by atomic mass is 9.88. The van der Waals surface area contributed by atoms with Crippen LogP contribution in [0.1, 0.15) is 35.4 Å². The summed E-state index contributed by atoms with van der Waals surface area (Å²) in [6, 6.07) is 3.68. The van der Waals surface area contributed by atoms with E-state index in [0.717, 1.165) is 18.7 Å². The van der Waals surface area contributed by atoms with Crippen LogP contribution in [0.15, 0.2) is 12.1 Å². The molecule has 2 rings (SSSR count). The minimum absolute atomic E-state index is 0.0684. The number of halogens is 1. The molecule has 0 aromatic heterocycles. The second-order valence-corrected chi connectivity index (χ2v) is 4.50. The van der Waals surface area contributed by atoms with Gasteiger partial charge in [0, 0.05) is 6.54 Å². The Labute approximate surface area is 90.7 Å². The molecule has 1 fully saturated rings. The monoisotopic (exact) mass is 207 g/mol. The first-order chi connectivity index (χ1) is 7.18. The Hall–Kier alpha value is -0.890. The van der Waals surface area contributed by atoms with Crippen molar-refractivity contribution < 1.29 is 4.39 Å². The molecule has 1 atom stereocenters. The number of hydrogen-bond acceptors (Lipinski definition) is 1. The molecule has 0 aliphatic carbocycles. The highest BCUT2D eigenvalue weighted by atomic mass is 19.1. The van der Waals surface area contributed by atoms with Crippen LogP contribution in [0.4, 0.5) is 4.39 Å². The maximum Gasteiger partial charge on any atom is 0.126 e. The second-order valence-electron chi connectivity index (χ2n) is 4.50. The number of rotatable bonds is 1. The van der Waals surface area contributed by atoms with Crippen LogP contribution in [0.3, 0.4) is 0 Å². The highest BCUT2D eigenvalue weighted by Gasteiger charge is 2.17. The van der Waals surface area contributed by atoms with Gasteiger partial charge >= 0.3 is 0 Å². The lowest BCUT2D eigenvalue weighted by Gasteiger charge is -2.24. The zero-order valence-electron chi connectivity index (χ0n) is 9.44. The Morgan fingerprint density at radius 1 is 1.27 bits per heavy atom. The Morgan fingerprint density at radius 3 is 2.73 bits per heavy atom. The fourth-order valence-corrected chi connectivity index (χ4v) is 2.40. The van der Waals surface area contributed by atoms with Gasteiger partial charge in [-0.3, -0.25) is 0 Å². The molecule has 1 N–H and O–H groups in total. The summed E-state index contributed by atoms with van der Waals surface area (Å²) in [5.41, 5.74) is 3.16. The van der Waals surface area contributed by atoms with Crippen LogP contribution in [0.25, 0.3) is 0 Å². The molecule has 2 heteroatoms. The highest BCUT2D eigenvalue weighted by Crippen LogP contribution is 2.27. The number of hydrogen-bond donors (Lipinski definition) is 1. The van der Waals surface area contributed by atoms with E-state index in [1.54, 1.807) is 6.07 Å². The Morgan fingerprint density at radius 2 is 2.07 bits per heavy atom. The number of nitrogens with one attached hydrogen (secondary N) is 1. The van der Waals surface area contributed by atoms with Crippen molar-refractivity contribution in [3.8, 4) is 0 Å². The molecule has 1 aliphatic rings. The minimum atomic E-state index is -0.0684. The maximum atomic E-state index is 13.5. The van der Waals surface area contributed by atoms with E-state index in [1.165, 1.54) is 24.0 Å². The fraction of sp³-hybridized carbons (Fsp3) is 0.538. The predicted molar refractivity (Wildman–Crippen MR) is 60.7 cm³/mol. The van der Waals surface area contributed by atoms with E-state index in [-0.39, 0.29) is 5.82 Å². The van der Waals surface area contributed by atoms with E-state index in [1.807, 2.05) is 13.0 Å². The van der Waals surface area contributed by atoms with Crippen molar-refractivity contribution in [3.63, 3.8) is 0 Å². The summed E-state index contributed by atoms with van der Waals surface area (Å²) in [4.78, 5) is 0. The molecule has 1 saturated heterocycles. The molecule has 1 heterocycles. The smallest absolute Gasteiger partial charge is 0.126 e. The third-order valence-corrected chi connectivity index (χ3v) is 3.28. The average molecular weight is 207 g/mol. The van der Waals surface area contributed by atoms with Gasteiger partial charge in [-0.25, -0.2) is 4.39 Å². The molecule has 1 unspecified atom stereocenters. The summed E-state index contributed by atoms with van der Waals surface area (Å²) in [6.45, 7) is 5.99. The van der Waals surface area contributed by atoms with Gasteiger partial charge in [0.05, 0.1) is 0 Å². The first-order valence-corrected chi connectivity index (χ1v) is 5.66. The van der Waals surface area contributed by atoms with Crippen LogP contribution in [-0.4, -0.2) is 13.1 Å². The molecule has 0 spiro atoms. The molecular formula is C13H18FN. The van der Waals surface area contributed by atoms with Gasteiger partial charge in [0.15, 0.2) is 0 Å². The van der Waals surface area contributed by atoms with Gasteiger partial charge in [0.25, 0.3) is 0 Å². The molecule has 1 aliphatic heterocycles. The van der Waals surface area contributed by atoms with E-state index >= 15 is 0 Å². The van der Waals surface area contributed by atoms with Gasteiger partial charge in [-0.1, -0.05) is 6.07 Å². The van der Waals surface area contributed by atoms with Crippen LogP contribution in [0.2, 0.25) is 0 Å². The van der Waals surface area contributed by atoms with E-state index in [9.17, 15) is 4.39 Å². The molecule has 0 saturated carbocycles. The largest absolute Gasteiger partial charge is 0.316 e. The van der Waals surface area contributed by atoms with Crippen LogP contribution in [-0.2, 0) is 0 Å². The molecular weight excluding hydrogens is 189 g/mol. The van der Waals surface area contributed by atoms with Gasteiger partial charge in [-0.2, -0.15) is 0 Å². The lowest BCUT2D eigenvalue weighted by Crippen LogP contribution is -2.28. The Bertz CT molecular complexity index is 354. The first kappa shape index (κ1) is 10.6. The SMILES string of the molecule is Cc1cc(C)c(C2CCCNC2)cc1F. The number of piperidine rings is 1. The van der Waals surface area contributed by atoms with Crippen LogP contribution in [0.5, 0.6) is 0 Å². The van der Waals surface area contributed by atoms with Gasteiger partial charge in [0.1, 0.15) is 5.82 Å². The van der Waals surface area contributed by atoms with E-state index in [0.29, 0.717) is 5.92 Å². The average Bonchev–Trinajstić information content (AvgIpc) is 2.25. The first-order valence-electron chi connectivity index (χ1n) is 5.66. The summed E-state index contributed by atoms with van der Waals surface area (Å²) >= 11 is 0. The molecule has 1 aromatic carbocycles. The number of benzene rings is 1. The predicted octanol–water partition coefficient (Wildman–Crippen LogP) is 2.91. The second kappa shape index (κ2) is 4.31. The molecule has 0 amide bonds. The molecule has 0 radical (unpaired) electrons. The third-order valence-electron chi connectivity index (χ3n) is 3.28. The van der Waals surface area contributed by atoms with Crippen molar-refractivity contribution in [2.45, 2.75) is 32.6 Å². The Balaban J connectivity index is 2.30. The summed E-state index contributed by atoms with van der Waals surface area (Å²) < 4.78 is 13.5. The summed E-state index contributed by atoms with van der Waals surface area (Å²) in [5, 5.41) is 3.37. The molecule has 1 nitrogen and oxygen atoms in total. The molecule has 0 bridgehead atoms. The molecule has 82 valence electrons. The topological polar surface area (TPSA) is 12.0 Å². The van der Waals surface area contributed by atoms with Crippen molar-refractivity contribution in [2.75, 3.05) is 13.1 Å². The van der Waals surface area contributed by atoms with Crippen LogP contribution in [0, 0.1) is 19.7 Å². The van der Waals surface area contributed by atoms with Gasteiger partial charge in [0.2, 0.25) is 0 Å². The van der Waals surface area contributed by atoms with Crippen molar-refractivity contribution in [2.24, 2.45) is 0 Å². The third kappa shape index (κ3) is 2.20. The van der Waals surface area contributed by atoms with Crippen LogP contribution >= 0.6 is 0 Å². The van der Waals surface area contributed by atoms with Crippen molar-refractivity contribution in [3.05, 3.63) is 34.6 Å². The fourth-order valence-electron chi connectivity index (χ4n) is 2.40. The van der Waals surface area contributed by atoms with Crippen molar-refractivity contribution in [1.82, 2.24) is 5.32 Å². The zero-order chi connectivity index (χ0) is 10.8. The van der Waals surface area contributed by atoms with Crippen molar-refractivity contribution >= 4 is 0 Å².